The average Bonchev–Trinajstić information content (AvgIpc) is 2.99. The standard InChI is InChI=1S/C19H24N2O3/c1-14-18(21-19(24-14)16-5-3-2-4-6-16)11-12-23-17-9-7-15(8-10-17)13-20-22/h7-10,13,16,22H,2-6,11-12H2,1H3/b20-13+. The van der Waals surface area contributed by atoms with Crippen LogP contribution in [0.3, 0.4) is 0 Å². The molecule has 0 aliphatic heterocycles. The minimum atomic E-state index is 0.493. The first-order valence-corrected chi connectivity index (χ1v) is 8.63. The van der Waals surface area contributed by atoms with Crippen LogP contribution in [0.15, 0.2) is 33.8 Å². The molecule has 1 heterocycles. The molecule has 0 unspecified atom stereocenters. The fraction of sp³-hybridized carbons (Fsp3) is 0.474. The van der Waals surface area contributed by atoms with Gasteiger partial charge in [-0.1, -0.05) is 24.4 Å². The second kappa shape index (κ2) is 7.99. The van der Waals surface area contributed by atoms with Gasteiger partial charge in [-0.25, -0.2) is 4.98 Å². The van der Waals surface area contributed by atoms with Crippen molar-refractivity contribution in [2.75, 3.05) is 6.61 Å². The van der Waals surface area contributed by atoms with Gasteiger partial charge < -0.3 is 14.4 Å². The third-order valence-electron chi connectivity index (χ3n) is 4.56. The smallest absolute Gasteiger partial charge is 0.197 e. The summed E-state index contributed by atoms with van der Waals surface area (Å²) in [7, 11) is 0. The molecule has 5 nitrogen and oxygen atoms in total. The molecule has 5 heteroatoms. The summed E-state index contributed by atoms with van der Waals surface area (Å²) in [5.74, 6) is 3.11. The third kappa shape index (κ3) is 4.16. The third-order valence-corrected chi connectivity index (χ3v) is 4.56. The summed E-state index contributed by atoms with van der Waals surface area (Å²) in [5.41, 5.74) is 1.83. The zero-order valence-corrected chi connectivity index (χ0v) is 14.1. The highest BCUT2D eigenvalue weighted by molar-refractivity contribution is 5.79. The van der Waals surface area contributed by atoms with Crippen LogP contribution in [0.4, 0.5) is 0 Å². The van der Waals surface area contributed by atoms with E-state index in [9.17, 15) is 0 Å². The van der Waals surface area contributed by atoms with Gasteiger partial charge in [0.15, 0.2) is 5.89 Å². The number of hydrogen-bond donors (Lipinski definition) is 1. The van der Waals surface area contributed by atoms with E-state index in [-0.39, 0.29) is 0 Å². The van der Waals surface area contributed by atoms with E-state index in [2.05, 4.69) is 5.16 Å². The number of aryl methyl sites for hydroxylation is 1. The Morgan fingerprint density at radius 3 is 2.71 bits per heavy atom. The highest BCUT2D eigenvalue weighted by Crippen LogP contribution is 2.33. The molecule has 24 heavy (non-hydrogen) atoms. The molecule has 0 bridgehead atoms. The zero-order chi connectivity index (χ0) is 16.8. The highest BCUT2D eigenvalue weighted by Gasteiger charge is 2.21. The number of hydrogen-bond acceptors (Lipinski definition) is 5. The van der Waals surface area contributed by atoms with Crippen LogP contribution in [0.2, 0.25) is 0 Å². The second-order valence-electron chi connectivity index (χ2n) is 6.30. The Bertz CT molecular complexity index is 670. The molecule has 3 rings (SSSR count). The Balaban J connectivity index is 1.53. The van der Waals surface area contributed by atoms with Gasteiger partial charge in [0.25, 0.3) is 0 Å². The monoisotopic (exact) mass is 328 g/mol. The normalized spacial score (nSPS) is 15.9. The fourth-order valence-corrected chi connectivity index (χ4v) is 3.19. The molecule has 0 atom stereocenters. The van der Waals surface area contributed by atoms with Crippen LogP contribution < -0.4 is 4.74 Å². The number of oxazole rings is 1. The molecule has 0 radical (unpaired) electrons. The lowest BCUT2D eigenvalue weighted by atomic mass is 9.89. The van der Waals surface area contributed by atoms with E-state index in [1.54, 1.807) is 0 Å². The van der Waals surface area contributed by atoms with Gasteiger partial charge in [-0.15, -0.1) is 0 Å². The lowest BCUT2D eigenvalue weighted by Crippen LogP contribution is -2.06. The minimum absolute atomic E-state index is 0.493. The molecule has 0 saturated heterocycles. The van der Waals surface area contributed by atoms with Gasteiger partial charge in [-0.05, 0) is 49.6 Å². The maximum absolute atomic E-state index is 8.50. The van der Waals surface area contributed by atoms with E-state index in [1.165, 1.54) is 38.3 Å². The summed E-state index contributed by atoms with van der Waals surface area (Å²) >= 11 is 0. The maximum atomic E-state index is 8.50. The molecule has 1 aliphatic rings. The summed E-state index contributed by atoms with van der Waals surface area (Å²) < 4.78 is 11.7. The van der Waals surface area contributed by atoms with Crippen molar-refractivity contribution in [2.24, 2.45) is 5.16 Å². The summed E-state index contributed by atoms with van der Waals surface area (Å²) in [6.45, 7) is 2.54. The van der Waals surface area contributed by atoms with Crippen molar-refractivity contribution in [3.63, 3.8) is 0 Å². The van der Waals surface area contributed by atoms with Gasteiger partial charge in [0.2, 0.25) is 0 Å². The van der Waals surface area contributed by atoms with Crippen molar-refractivity contribution in [2.45, 2.75) is 51.4 Å². The lowest BCUT2D eigenvalue weighted by molar-refractivity contribution is 0.319. The van der Waals surface area contributed by atoms with Crippen LogP contribution >= 0.6 is 0 Å². The summed E-state index contributed by atoms with van der Waals surface area (Å²) in [6.07, 6.45) is 8.40. The number of nitrogens with zero attached hydrogens (tertiary/aromatic N) is 2. The highest BCUT2D eigenvalue weighted by atomic mass is 16.5. The number of oxime groups is 1. The Morgan fingerprint density at radius 2 is 2.00 bits per heavy atom. The van der Waals surface area contributed by atoms with Crippen LogP contribution in [-0.2, 0) is 6.42 Å². The van der Waals surface area contributed by atoms with Crippen molar-refractivity contribution in [3.8, 4) is 5.75 Å². The number of rotatable bonds is 6. The van der Waals surface area contributed by atoms with E-state index in [0.29, 0.717) is 12.5 Å². The Hall–Kier alpha value is -2.30. The SMILES string of the molecule is Cc1oc(C2CCCCC2)nc1CCOc1ccc(/C=N/O)cc1. The Labute approximate surface area is 142 Å². The van der Waals surface area contributed by atoms with Crippen LogP contribution in [0.25, 0.3) is 0 Å². The predicted octanol–water partition coefficient (Wildman–Crippen LogP) is 4.46. The maximum Gasteiger partial charge on any atom is 0.197 e. The summed E-state index contributed by atoms with van der Waals surface area (Å²) in [5, 5.41) is 11.5. The molecule has 1 aromatic heterocycles. The first-order chi connectivity index (χ1) is 11.8. The topological polar surface area (TPSA) is 67.9 Å². The van der Waals surface area contributed by atoms with Gasteiger partial charge in [0.05, 0.1) is 18.5 Å². The largest absolute Gasteiger partial charge is 0.493 e. The molecule has 1 aliphatic carbocycles. The van der Waals surface area contributed by atoms with Gasteiger partial charge in [0, 0.05) is 12.3 Å². The Kier molecular flexibility index (Phi) is 5.51. The van der Waals surface area contributed by atoms with Crippen molar-refractivity contribution >= 4 is 6.21 Å². The minimum Gasteiger partial charge on any atom is -0.493 e. The van der Waals surface area contributed by atoms with Crippen LogP contribution in [0.1, 0.15) is 60.9 Å². The molecule has 0 amide bonds. The molecule has 2 aromatic rings. The van der Waals surface area contributed by atoms with E-state index in [4.69, 9.17) is 19.3 Å². The second-order valence-corrected chi connectivity index (χ2v) is 6.30. The quantitative estimate of drug-likeness (QED) is 0.483. The van der Waals surface area contributed by atoms with Crippen LogP contribution in [0, 0.1) is 6.92 Å². The van der Waals surface area contributed by atoms with E-state index in [0.717, 1.165) is 35.1 Å². The van der Waals surface area contributed by atoms with Crippen molar-refractivity contribution in [1.29, 1.82) is 0 Å². The molecule has 1 aromatic carbocycles. The average molecular weight is 328 g/mol. The molecule has 1 fully saturated rings. The fourth-order valence-electron chi connectivity index (χ4n) is 3.19. The number of ether oxygens (including phenoxy) is 1. The Morgan fingerprint density at radius 1 is 1.25 bits per heavy atom. The summed E-state index contributed by atoms with van der Waals surface area (Å²) in [4.78, 5) is 4.71. The molecule has 128 valence electrons. The first-order valence-electron chi connectivity index (χ1n) is 8.63. The van der Waals surface area contributed by atoms with Crippen LogP contribution in [-0.4, -0.2) is 23.0 Å². The molecule has 1 N–H and O–H groups in total. The summed E-state index contributed by atoms with van der Waals surface area (Å²) in [6, 6.07) is 7.41. The molecular formula is C19H24N2O3. The molecular weight excluding hydrogens is 304 g/mol. The number of benzene rings is 1. The lowest BCUT2D eigenvalue weighted by Gasteiger charge is -2.17. The first kappa shape index (κ1) is 16.6. The van der Waals surface area contributed by atoms with Crippen LogP contribution in [0.5, 0.6) is 5.75 Å². The van der Waals surface area contributed by atoms with Gasteiger partial charge >= 0.3 is 0 Å². The van der Waals surface area contributed by atoms with Crippen molar-refractivity contribution in [3.05, 3.63) is 47.2 Å². The number of aromatic nitrogens is 1. The van der Waals surface area contributed by atoms with Crippen molar-refractivity contribution < 1.29 is 14.4 Å². The molecule has 0 spiro atoms. The predicted molar refractivity (Wildman–Crippen MR) is 92.1 cm³/mol. The van der Waals surface area contributed by atoms with Gasteiger partial charge in [-0.2, -0.15) is 0 Å². The van der Waals surface area contributed by atoms with E-state index in [1.807, 2.05) is 31.2 Å². The van der Waals surface area contributed by atoms with E-state index < -0.39 is 0 Å². The molecule has 1 saturated carbocycles. The zero-order valence-electron chi connectivity index (χ0n) is 14.1. The van der Waals surface area contributed by atoms with E-state index >= 15 is 0 Å². The van der Waals surface area contributed by atoms with Gasteiger partial charge in [0.1, 0.15) is 11.5 Å². The van der Waals surface area contributed by atoms with Crippen molar-refractivity contribution in [1.82, 2.24) is 4.98 Å². The van der Waals surface area contributed by atoms with Gasteiger partial charge in [-0.3, -0.25) is 0 Å².